The van der Waals surface area contributed by atoms with Gasteiger partial charge in [0.05, 0.1) is 41.6 Å². The highest BCUT2D eigenvalue weighted by atomic mass is 32.1. The molecule has 0 saturated carbocycles. The molecule has 0 radical (unpaired) electrons. The number of nitrogens with zero attached hydrogens (tertiary/aromatic N) is 4. The minimum absolute atomic E-state index is 0.0165. The number of carbonyl (C=O) groups is 1. The van der Waals surface area contributed by atoms with Crippen molar-refractivity contribution in [1.82, 2.24) is 19.3 Å². The fourth-order valence-corrected chi connectivity index (χ4v) is 3.39. The van der Waals surface area contributed by atoms with Crippen LogP contribution in [0.4, 0.5) is 18.9 Å². The van der Waals surface area contributed by atoms with Crippen molar-refractivity contribution in [1.29, 1.82) is 0 Å². The van der Waals surface area contributed by atoms with E-state index < -0.39 is 17.8 Å². The molecule has 3 heterocycles. The molecular weight excluding hydrogens is 423 g/mol. The Morgan fingerprint density at radius 1 is 1.27 bits per heavy atom. The van der Waals surface area contributed by atoms with Crippen LogP contribution in [-0.2, 0) is 12.6 Å². The summed E-state index contributed by atoms with van der Waals surface area (Å²) in [4.78, 5) is 24.4. The van der Waals surface area contributed by atoms with E-state index in [0.29, 0.717) is 28.3 Å². The number of hydrogen-bond acceptors (Lipinski definition) is 8. The summed E-state index contributed by atoms with van der Waals surface area (Å²) >= 11 is 1.02. The minimum atomic E-state index is -4.60. The van der Waals surface area contributed by atoms with Crippen molar-refractivity contribution >= 4 is 23.1 Å². The van der Waals surface area contributed by atoms with Gasteiger partial charge < -0.3 is 15.2 Å². The number of alkyl halides is 3. The van der Waals surface area contributed by atoms with E-state index in [1.165, 1.54) is 18.5 Å². The predicted molar refractivity (Wildman–Crippen MR) is 101 cm³/mol. The Morgan fingerprint density at radius 3 is 2.73 bits per heavy atom. The van der Waals surface area contributed by atoms with Crippen LogP contribution in [0, 0.1) is 6.92 Å². The molecule has 3 aromatic heterocycles. The number of nitrogens with one attached hydrogen (secondary N) is 1. The molecule has 3 aromatic rings. The molecule has 0 aliphatic heterocycles. The van der Waals surface area contributed by atoms with Crippen molar-refractivity contribution in [3.05, 3.63) is 58.2 Å². The lowest BCUT2D eigenvalue weighted by atomic mass is 10.1. The van der Waals surface area contributed by atoms with Gasteiger partial charge in [0.15, 0.2) is 5.69 Å². The molecule has 0 fully saturated rings. The fourth-order valence-electron chi connectivity index (χ4n) is 2.50. The summed E-state index contributed by atoms with van der Waals surface area (Å²) in [6.45, 7) is 1.58. The van der Waals surface area contributed by atoms with Gasteiger partial charge in [0.1, 0.15) is 6.61 Å². The van der Waals surface area contributed by atoms with E-state index in [-0.39, 0.29) is 30.9 Å². The van der Waals surface area contributed by atoms with Crippen molar-refractivity contribution in [2.75, 3.05) is 18.5 Å². The fraction of sp³-hybridized carbons (Fsp3) is 0.278. The van der Waals surface area contributed by atoms with Gasteiger partial charge in [-0.2, -0.15) is 17.5 Å². The molecule has 1 amide bonds. The van der Waals surface area contributed by atoms with Crippen molar-refractivity contribution in [2.45, 2.75) is 19.5 Å². The molecule has 0 aliphatic rings. The first kappa shape index (κ1) is 21.6. The van der Waals surface area contributed by atoms with Crippen LogP contribution in [0.1, 0.15) is 32.3 Å². The van der Waals surface area contributed by atoms with Crippen LogP contribution >= 0.6 is 11.5 Å². The van der Waals surface area contributed by atoms with Crippen LogP contribution < -0.4 is 10.1 Å². The van der Waals surface area contributed by atoms with E-state index >= 15 is 0 Å². The first-order valence-corrected chi connectivity index (χ1v) is 9.39. The topological polar surface area (TPSA) is 110 Å². The van der Waals surface area contributed by atoms with Gasteiger partial charge in [0.25, 0.3) is 5.91 Å². The smallest absolute Gasteiger partial charge is 0.434 e. The second-order valence-electron chi connectivity index (χ2n) is 6.05. The van der Waals surface area contributed by atoms with Crippen LogP contribution in [0.15, 0.2) is 30.7 Å². The Balaban J connectivity index is 1.76. The lowest BCUT2D eigenvalue weighted by molar-refractivity contribution is -0.141. The average Bonchev–Trinajstić information content (AvgIpc) is 3.07. The Hall–Kier alpha value is -3.12. The number of hydrogen-bond donors (Lipinski definition) is 2. The standard InChI is InChI=1S/C18H16F3N5O3S/c1-10-16(17(28)25-11-2-3-15(23-8-11)29-5-4-27)13(30-26-10)6-12-7-22-9-14(24-12)18(19,20)21/h2-3,7-9,27H,4-6H2,1H3,(H,25,28). The second kappa shape index (κ2) is 9.13. The highest BCUT2D eigenvalue weighted by Gasteiger charge is 2.33. The summed E-state index contributed by atoms with van der Waals surface area (Å²) in [5.74, 6) is -0.179. The van der Waals surface area contributed by atoms with E-state index in [1.807, 2.05) is 0 Å². The number of halogens is 3. The molecule has 0 atom stereocenters. The average molecular weight is 439 g/mol. The molecule has 0 spiro atoms. The maximum absolute atomic E-state index is 12.9. The molecule has 0 aliphatic carbocycles. The number of amides is 1. The molecule has 2 N–H and O–H groups in total. The third-order valence-electron chi connectivity index (χ3n) is 3.81. The molecule has 30 heavy (non-hydrogen) atoms. The van der Waals surface area contributed by atoms with Crippen LogP contribution in [0.2, 0.25) is 0 Å². The summed E-state index contributed by atoms with van der Waals surface area (Å²) in [6.07, 6.45) is -1.36. The van der Waals surface area contributed by atoms with Crippen LogP contribution in [0.3, 0.4) is 0 Å². The first-order valence-electron chi connectivity index (χ1n) is 8.62. The van der Waals surface area contributed by atoms with E-state index in [2.05, 4.69) is 24.6 Å². The molecule has 158 valence electrons. The number of anilines is 1. The molecule has 0 bridgehead atoms. The summed E-state index contributed by atoms with van der Waals surface area (Å²) in [6, 6.07) is 3.10. The molecule has 8 nitrogen and oxygen atoms in total. The number of aryl methyl sites for hydroxylation is 1. The second-order valence-corrected chi connectivity index (χ2v) is 6.91. The number of pyridine rings is 1. The van der Waals surface area contributed by atoms with Gasteiger partial charge in [0, 0.05) is 23.6 Å². The number of carbonyl (C=O) groups excluding carboxylic acids is 1. The van der Waals surface area contributed by atoms with Gasteiger partial charge in [-0.1, -0.05) is 0 Å². The van der Waals surface area contributed by atoms with Gasteiger partial charge in [0.2, 0.25) is 5.88 Å². The SMILES string of the molecule is Cc1nsc(Cc2cncc(C(F)(F)F)n2)c1C(=O)Nc1ccc(OCCO)nc1. The normalized spacial score (nSPS) is 11.4. The molecule has 3 rings (SSSR count). The summed E-state index contributed by atoms with van der Waals surface area (Å²) in [7, 11) is 0. The van der Waals surface area contributed by atoms with Crippen molar-refractivity contribution in [2.24, 2.45) is 0 Å². The number of rotatable bonds is 7. The van der Waals surface area contributed by atoms with Crippen LogP contribution in [0.5, 0.6) is 5.88 Å². The largest absolute Gasteiger partial charge is 0.475 e. The van der Waals surface area contributed by atoms with Crippen molar-refractivity contribution in [3.63, 3.8) is 0 Å². The molecule has 0 saturated heterocycles. The summed E-state index contributed by atoms with van der Waals surface area (Å²) in [5.41, 5.74) is 0.0891. The van der Waals surface area contributed by atoms with Crippen molar-refractivity contribution < 1.29 is 27.8 Å². The maximum Gasteiger partial charge on any atom is 0.434 e. The van der Waals surface area contributed by atoms with E-state index in [1.54, 1.807) is 13.0 Å². The molecule has 0 unspecified atom stereocenters. The van der Waals surface area contributed by atoms with Gasteiger partial charge >= 0.3 is 6.18 Å². The summed E-state index contributed by atoms with van der Waals surface area (Å²) in [5, 5.41) is 11.4. The number of aromatic nitrogens is 4. The quantitative estimate of drug-likeness (QED) is 0.582. The zero-order chi connectivity index (χ0) is 21.7. The Labute approximate surface area is 173 Å². The maximum atomic E-state index is 12.9. The third kappa shape index (κ3) is 5.27. The number of ether oxygens (including phenoxy) is 1. The van der Waals surface area contributed by atoms with E-state index in [4.69, 9.17) is 9.84 Å². The molecule has 0 aromatic carbocycles. The molecule has 12 heteroatoms. The predicted octanol–water partition coefficient (Wildman–Crippen LogP) is 2.87. The van der Waals surface area contributed by atoms with Crippen LogP contribution in [-0.4, -0.2) is 43.6 Å². The Bertz CT molecular complexity index is 1020. The highest BCUT2D eigenvalue weighted by Crippen LogP contribution is 2.28. The number of aliphatic hydroxyl groups is 1. The van der Waals surface area contributed by atoms with Gasteiger partial charge in [-0.05, 0) is 24.5 Å². The summed E-state index contributed by atoms with van der Waals surface area (Å²) < 4.78 is 47.9. The molecular formula is C18H16F3N5O3S. The number of aliphatic hydroxyl groups excluding tert-OH is 1. The first-order chi connectivity index (χ1) is 14.3. The van der Waals surface area contributed by atoms with Gasteiger partial charge in [-0.15, -0.1) is 0 Å². The monoisotopic (exact) mass is 439 g/mol. The minimum Gasteiger partial charge on any atom is -0.475 e. The lowest BCUT2D eigenvalue weighted by Gasteiger charge is -2.09. The Morgan fingerprint density at radius 2 is 2.07 bits per heavy atom. The lowest BCUT2D eigenvalue weighted by Crippen LogP contribution is -2.15. The van der Waals surface area contributed by atoms with Gasteiger partial charge in [-0.25, -0.2) is 9.97 Å². The van der Waals surface area contributed by atoms with E-state index in [9.17, 15) is 18.0 Å². The zero-order valence-electron chi connectivity index (χ0n) is 15.6. The van der Waals surface area contributed by atoms with Crippen LogP contribution in [0.25, 0.3) is 0 Å². The third-order valence-corrected chi connectivity index (χ3v) is 4.75. The van der Waals surface area contributed by atoms with Gasteiger partial charge in [-0.3, -0.25) is 9.78 Å². The van der Waals surface area contributed by atoms with E-state index in [0.717, 1.165) is 11.5 Å². The highest BCUT2D eigenvalue weighted by molar-refractivity contribution is 7.06. The van der Waals surface area contributed by atoms with Crippen molar-refractivity contribution in [3.8, 4) is 5.88 Å². The Kier molecular flexibility index (Phi) is 6.57. The zero-order valence-corrected chi connectivity index (χ0v) is 16.4.